The van der Waals surface area contributed by atoms with Crippen molar-refractivity contribution >= 4 is 5.91 Å². The Morgan fingerprint density at radius 3 is 2.80 bits per heavy atom. The summed E-state index contributed by atoms with van der Waals surface area (Å²) in [5, 5.41) is 12.1. The molecule has 1 aliphatic rings. The molecule has 1 aliphatic heterocycles. The molecule has 1 heterocycles. The smallest absolute Gasteiger partial charge is 0.238 e. The molecular formula is C11H22N2O2. The van der Waals surface area contributed by atoms with E-state index in [2.05, 4.69) is 12.2 Å². The lowest BCUT2D eigenvalue weighted by Gasteiger charge is -2.24. The Balaban J connectivity index is 2.28. The zero-order valence-corrected chi connectivity index (χ0v) is 9.92. The van der Waals surface area contributed by atoms with E-state index >= 15 is 0 Å². The first-order chi connectivity index (χ1) is 7.03. The zero-order valence-electron chi connectivity index (χ0n) is 9.92. The average Bonchev–Trinajstić information content (AvgIpc) is 2.98. The highest BCUT2D eigenvalue weighted by atomic mass is 16.3. The molecule has 0 saturated carbocycles. The summed E-state index contributed by atoms with van der Waals surface area (Å²) in [7, 11) is 0. The van der Waals surface area contributed by atoms with Crippen LogP contribution in [-0.4, -0.2) is 47.2 Å². The van der Waals surface area contributed by atoms with Gasteiger partial charge in [-0.05, 0) is 20.3 Å². The third-order valence-electron chi connectivity index (χ3n) is 2.91. The van der Waals surface area contributed by atoms with Gasteiger partial charge in [0.05, 0.1) is 6.61 Å². The Labute approximate surface area is 91.6 Å². The number of nitrogens with one attached hydrogen (secondary N) is 1. The second-order valence-electron chi connectivity index (χ2n) is 4.78. The van der Waals surface area contributed by atoms with Gasteiger partial charge in [0.15, 0.2) is 0 Å². The molecule has 1 fully saturated rings. The quantitative estimate of drug-likeness (QED) is 0.496. The number of amides is 1. The lowest BCUT2D eigenvalue weighted by molar-refractivity contribution is -0.121. The number of aliphatic hydroxyl groups excluding tert-OH is 1. The maximum atomic E-state index is 11.6. The lowest BCUT2D eigenvalue weighted by atomic mass is 10.1. The Morgan fingerprint density at radius 1 is 1.60 bits per heavy atom. The summed E-state index contributed by atoms with van der Waals surface area (Å²) >= 11 is 0. The SMILES string of the molecule is CCCCNC(=O)[C@H]1CN1C(C)(C)CO. The molecule has 0 spiro atoms. The van der Waals surface area contributed by atoms with E-state index in [9.17, 15) is 4.79 Å². The van der Waals surface area contributed by atoms with Crippen molar-refractivity contribution in [3.05, 3.63) is 0 Å². The molecular weight excluding hydrogens is 192 g/mol. The maximum absolute atomic E-state index is 11.6. The number of hydrogen-bond acceptors (Lipinski definition) is 3. The van der Waals surface area contributed by atoms with Crippen LogP contribution in [0, 0.1) is 0 Å². The van der Waals surface area contributed by atoms with Crippen LogP contribution in [0.2, 0.25) is 0 Å². The van der Waals surface area contributed by atoms with E-state index in [-0.39, 0.29) is 24.1 Å². The molecule has 1 rings (SSSR count). The van der Waals surface area contributed by atoms with Gasteiger partial charge in [0.25, 0.3) is 0 Å². The van der Waals surface area contributed by atoms with Crippen molar-refractivity contribution in [3.8, 4) is 0 Å². The second-order valence-corrected chi connectivity index (χ2v) is 4.78. The molecule has 0 aromatic rings. The van der Waals surface area contributed by atoms with Crippen LogP contribution in [0.15, 0.2) is 0 Å². The Kier molecular flexibility index (Phi) is 4.11. The first kappa shape index (κ1) is 12.5. The molecule has 2 atom stereocenters. The van der Waals surface area contributed by atoms with Gasteiger partial charge in [-0.25, -0.2) is 0 Å². The van der Waals surface area contributed by atoms with Gasteiger partial charge in [0.1, 0.15) is 6.04 Å². The standard InChI is InChI=1S/C11H22N2O2/c1-4-5-6-12-10(15)9-7-13(9)11(2,3)8-14/h9,14H,4-8H2,1-3H3,(H,12,15)/t9-,13?/m1/s1. The summed E-state index contributed by atoms with van der Waals surface area (Å²) in [5.41, 5.74) is -0.271. The first-order valence-corrected chi connectivity index (χ1v) is 5.68. The van der Waals surface area contributed by atoms with Crippen molar-refractivity contribution in [2.75, 3.05) is 19.7 Å². The van der Waals surface area contributed by atoms with Gasteiger partial charge in [-0.1, -0.05) is 13.3 Å². The van der Waals surface area contributed by atoms with Crippen LogP contribution in [0.5, 0.6) is 0 Å². The largest absolute Gasteiger partial charge is 0.394 e. The van der Waals surface area contributed by atoms with E-state index < -0.39 is 0 Å². The van der Waals surface area contributed by atoms with Gasteiger partial charge >= 0.3 is 0 Å². The number of carbonyl (C=O) groups is 1. The molecule has 1 amide bonds. The van der Waals surface area contributed by atoms with E-state index in [1.54, 1.807) is 0 Å². The van der Waals surface area contributed by atoms with Gasteiger partial charge in [-0.2, -0.15) is 0 Å². The summed E-state index contributed by atoms with van der Waals surface area (Å²) in [5.74, 6) is 0.102. The van der Waals surface area contributed by atoms with Crippen LogP contribution in [0.3, 0.4) is 0 Å². The molecule has 0 aromatic carbocycles. The Morgan fingerprint density at radius 2 is 2.27 bits per heavy atom. The molecule has 4 nitrogen and oxygen atoms in total. The predicted molar refractivity (Wildman–Crippen MR) is 59.6 cm³/mol. The van der Waals surface area contributed by atoms with Crippen molar-refractivity contribution in [3.63, 3.8) is 0 Å². The molecule has 2 N–H and O–H groups in total. The average molecular weight is 214 g/mol. The molecule has 0 radical (unpaired) electrons. The summed E-state index contributed by atoms with van der Waals surface area (Å²) in [6.07, 6.45) is 2.12. The molecule has 1 saturated heterocycles. The van der Waals surface area contributed by atoms with Crippen molar-refractivity contribution in [1.29, 1.82) is 0 Å². The summed E-state index contributed by atoms with van der Waals surface area (Å²) in [6, 6.07) is -0.0241. The number of unbranched alkanes of at least 4 members (excludes halogenated alkanes) is 1. The van der Waals surface area contributed by atoms with Gasteiger partial charge in [-0.15, -0.1) is 0 Å². The van der Waals surface area contributed by atoms with E-state index in [0.29, 0.717) is 0 Å². The number of rotatable bonds is 6. The number of nitrogens with zero attached hydrogens (tertiary/aromatic N) is 1. The van der Waals surface area contributed by atoms with Crippen LogP contribution < -0.4 is 5.32 Å². The van der Waals surface area contributed by atoms with E-state index in [0.717, 1.165) is 25.9 Å². The van der Waals surface area contributed by atoms with Crippen molar-refractivity contribution in [2.24, 2.45) is 0 Å². The Bertz CT molecular complexity index is 229. The highest BCUT2D eigenvalue weighted by Crippen LogP contribution is 2.28. The molecule has 0 aliphatic carbocycles. The minimum atomic E-state index is -0.271. The first-order valence-electron chi connectivity index (χ1n) is 5.68. The third-order valence-corrected chi connectivity index (χ3v) is 2.91. The highest BCUT2D eigenvalue weighted by molar-refractivity contribution is 5.84. The van der Waals surface area contributed by atoms with Crippen LogP contribution >= 0.6 is 0 Å². The van der Waals surface area contributed by atoms with Crippen LogP contribution in [0.25, 0.3) is 0 Å². The number of carbonyl (C=O) groups excluding carboxylic acids is 1. The third kappa shape index (κ3) is 3.18. The van der Waals surface area contributed by atoms with Crippen LogP contribution in [0.1, 0.15) is 33.6 Å². The van der Waals surface area contributed by atoms with E-state index in [4.69, 9.17) is 5.11 Å². The highest BCUT2D eigenvalue weighted by Gasteiger charge is 2.48. The normalized spacial score (nSPS) is 25.1. The van der Waals surface area contributed by atoms with Crippen molar-refractivity contribution in [1.82, 2.24) is 10.2 Å². The topological polar surface area (TPSA) is 52.3 Å². The molecule has 0 bridgehead atoms. The lowest BCUT2D eigenvalue weighted by Crippen LogP contribution is -2.40. The second kappa shape index (κ2) is 4.94. The Hall–Kier alpha value is -0.610. The predicted octanol–water partition coefficient (Wildman–Crippen LogP) is 0.358. The van der Waals surface area contributed by atoms with Gasteiger partial charge in [0, 0.05) is 18.6 Å². The maximum Gasteiger partial charge on any atom is 0.238 e. The number of hydrogen-bond donors (Lipinski definition) is 2. The number of aliphatic hydroxyl groups is 1. The molecule has 88 valence electrons. The minimum absolute atomic E-state index is 0.0241. The van der Waals surface area contributed by atoms with Crippen molar-refractivity contribution in [2.45, 2.75) is 45.2 Å². The fourth-order valence-corrected chi connectivity index (χ4v) is 1.63. The van der Waals surface area contributed by atoms with Gasteiger partial charge in [0.2, 0.25) is 5.91 Å². The van der Waals surface area contributed by atoms with E-state index in [1.807, 2.05) is 18.7 Å². The monoisotopic (exact) mass is 214 g/mol. The van der Waals surface area contributed by atoms with Crippen LogP contribution in [-0.2, 0) is 4.79 Å². The van der Waals surface area contributed by atoms with Crippen LogP contribution in [0.4, 0.5) is 0 Å². The molecule has 15 heavy (non-hydrogen) atoms. The van der Waals surface area contributed by atoms with Gasteiger partial charge in [-0.3, -0.25) is 9.69 Å². The summed E-state index contributed by atoms with van der Waals surface area (Å²) in [4.78, 5) is 13.6. The van der Waals surface area contributed by atoms with E-state index in [1.165, 1.54) is 0 Å². The molecule has 4 heteroatoms. The zero-order chi connectivity index (χ0) is 11.5. The fourth-order valence-electron chi connectivity index (χ4n) is 1.63. The molecule has 0 aromatic heterocycles. The fraction of sp³-hybridized carbons (Fsp3) is 0.909. The summed E-state index contributed by atoms with van der Waals surface area (Å²) < 4.78 is 0. The summed E-state index contributed by atoms with van der Waals surface area (Å²) in [6.45, 7) is 7.62. The minimum Gasteiger partial charge on any atom is -0.394 e. The van der Waals surface area contributed by atoms with Gasteiger partial charge < -0.3 is 10.4 Å². The van der Waals surface area contributed by atoms with Crippen molar-refractivity contribution < 1.29 is 9.90 Å². The molecule has 1 unspecified atom stereocenters.